The SMILES string of the molecule is CCOc1ccc(NC(=O)/C(C#N)=C/c2cc(Br)ccc2OCC(=O)Nc2ccccc2F)cc1. The number of carbonyl (C=O) groups is 2. The summed E-state index contributed by atoms with van der Waals surface area (Å²) in [6, 6.07) is 19.3. The Bertz CT molecular complexity index is 1290. The lowest BCUT2D eigenvalue weighted by Gasteiger charge is -2.11. The molecule has 178 valence electrons. The highest BCUT2D eigenvalue weighted by Gasteiger charge is 2.14. The van der Waals surface area contributed by atoms with Gasteiger partial charge in [-0.05, 0) is 67.6 Å². The molecular formula is C26H21BrFN3O4. The Hall–Kier alpha value is -4.16. The van der Waals surface area contributed by atoms with Crippen molar-refractivity contribution < 1.29 is 23.5 Å². The molecule has 0 heterocycles. The second-order valence-corrected chi connectivity index (χ2v) is 8.00. The van der Waals surface area contributed by atoms with Gasteiger partial charge in [0.2, 0.25) is 0 Å². The van der Waals surface area contributed by atoms with Gasteiger partial charge in [-0.1, -0.05) is 28.1 Å². The maximum atomic E-state index is 13.7. The van der Waals surface area contributed by atoms with E-state index in [9.17, 15) is 19.2 Å². The minimum atomic E-state index is -0.611. The fourth-order valence-electron chi connectivity index (χ4n) is 2.96. The fraction of sp³-hybridized carbons (Fsp3) is 0.115. The summed E-state index contributed by atoms with van der Waals surface area (Å²) in [4.78, 5) is 24.9. The number of carbonyl (C=O) groups excluding carboxylic acids is 2. The van der Waals surface area contributed by atoms with Gasteiger partial charge in [0.1, 0.15) is 29.0 Å². The summed E-state index contributed by atoms with van der Waals surface area (Å²) >= 11 is 3.35. The quantitative estimate of drug-likeness (QED) is 0.275. The number of amides is 2. The van der Waals surface area contributed by atoms with Crippen molar-refractivity contribution in [2.45, 2.75) is 6.92 Å². The van der Waals surface area contributed by atoms with Crippen LogP contribution in [0.5, 0.6) is 11.5 Å². The number of hydrogen-bond acceptors (Lipinski definition) is 5. The molecule has 0 unspecified atom stereocenters. The highest BCUT2D eigenvalue weighted by atomic mass is 79.9. The van der Waals surface area contributed by atoms with E-state index in [1.807, 2.05) is 13.0 Å². The second kappa shape index (κ2) is 12.3. The topological polar surface area (TPSA) is 100 Å². The molecule has 2 N–H and O–H groups in total. The van der Waals surface area contributed by atoms with E-state index in [-0.39, 0.29) is 17.0 Å². The first-order valence-corrected chi connectivity index (χ1v) is 11.3. The van der Waals surface area contributed by atoms with E-state index in [0.29, 0.717) is 28.1 Å². The van der Waals surface area contributed by atoms with Crippen LogP contribution in [0.1, 0.15) is 12.5 Å². The van der Waals surface area contributed by atoms with Crippen LogP contribution in [0.25, 0.3) is 6.08 Å². The molecule has 0 fully saturated rings. The predicted octanol–water partition coefficient (Wildman–Crippen LogP) is 5.55. The van der Waals surface area contributed by atoms with E-state index in [1.165, 1.54) is 24.3 Å². The van der Waals surface area contributed by atoms with Gasteiger partial charge in [0.25, 0.3) is 11.8 Å². The first-order chi connectivity index (χ1) is 16.9. The first kappa shape index (κ1) is 25.5. The Kier molecular flexibility index (Phi) is 8.98. The van der Waals surface area contributed by atoms with Crippen LogP contribution in [0.2, 0.25) is 0 Å². The number of para-hydroxylation sites is 1. The normalized spacial score (nSPS) is 10.7. The van der Waals surface area contributed by atoms with Crippen LogP contribution in [0.4, 0.5) is 15.8 Å². The molecule has 0 spiro atoms. The van der Waals surface area contributed by atoms with Gasteiger partial charge < -0.3 is 20.1 Å². The summed E-state index contributed by atoms with van der Waals surface area (Å²) in [5.41, 5.74) is 0.763. The van der Waals surface area contributed by atoms with Crippen molar-refractivity contribution in [2.24, 2.45) is 0 Å². The summed E-state index contributed by atoms with van der Waals surface area (Å²) in [5, 5.41) is 14.7. The number of nitrogens with zero attached hydrogens (tertiary/aromatic N) is 1. The molecule has 0 aliphatic heterocycles. The summed E-state index contributed by atoms with van der Waals surface area (Å²) in [6.07, 6.45) is 1.36. The first-order valence-electron chi connectivity index (χ1n) is 10.5. The molecule has 0 saturated carbocycles. The van der Waals surface area contributed by atoms with Crippen molar-refractivity contribution in [1.82, 2.24) is 0 Å². The third kappa shape index (κ3) is 7.42. The zero-order chi connectivity index (χ0) is 25.2. The van der Waals surface area contributed by atoms with Crippen LogP contribution in [-0.2, 0) is 9.59 Å². The predicted molar refractivity (Wildman–Crippen MR) is 134 cm³/mol. The van der Waals surface area contributed by atoms with Crippen LogP contribution in [0.3, 0.4) is 0 Å². The van der Waals surface area contributed by atoms with E-state index in [2.05, 4.69) is 26.6 Å². The van der Waals surface area contributed by atoms with Crippen molar-refractivity contribution in [2.75, 3.05) is 23.8 Å². The molecule has 0 radical (unpaired) electrons. The molecule has 0 bridgehead atoms. The zero-order valence-corrected chi connectivity index (χ0v) is 20.3. The van der Waals surface area contributed by atoms with E-state index in [1.54, 1.807) is 48.5 Å². The number of rotatable bonds is 9. The molecule has 0 aliphatic carbocycles. The number of nitrogens with one attached hydrogen (secondary N) is 2. The molecule has 35 heavy (non-hydrogen) atoms. The number of benzene rings is 3. The third-order valence-corrected chi connectivity index (χ3v) is 5.06. The smallest absolute Gasteiger partial charge is 0.266 e. The molecule has 0 saturated heterocycles. The zero-order valence-electron chi connectivity index (χ0n) is 18.7. The minimum Gasteiger partial charge on any atom is -0.494 e. The Morgan fingerprint density at radius 1 is 1.06 bits per heavy atom. The van der Waals surface area contributed by atoms with Gasteiger partial charge in [-0.25, -0.2) is 4.39 Å². The van der Waals surface area contributed by atoms with Gasteiger partial charge >= 0.3 is 0 Å². The maximum Gasteiger partial charge on any atom is 0.266 e. The Balaban J connectivity index is 1.72. The summed E-state index contributed by atoms with van der Waals surface area (Å²) in [6.45, 7) is 1.99. The number of hydrogen-bond donors (Lipinski definition) is 2. The Morgan fingerprint density at radius 3 is 2.49 bits per heavy atom. The van der Waals surface area contributed by atoms with Gasteiger partial charge in [-0.3, -0.25) is 9.59 Å². The van der Waals surface area contributed by atoms with Gasteiger partial charge in [-0.2, -0.15) is 5.26 Å². The van der Waals surface area contributed by atoms with Crippen LogP contribution < -0.4 is 20.1 Å². The number of anilines is 2. The number of halogens is 2. The molecular weight excluding hydrogens is 517 g/mol. The highest BCUT2D eigenvalue weighted by Crippen LogP contribution is 2.26. The van der Waals surface area contributed by atoms with Gasteiger partial charge in [0, 0.05) is 15.7 Å². The van der Waals surface area contributed by atoms with E-state index in [0.717, 1.165) is 0 Å². The molecule has 0 atom stereocenters. The molecule has 7 nitrogen and oxygen atoms in total. The number of ether oxygens (including phenoxy) is 2. The monoisotopic (exact) mass is 537 g/mol. The summed E-state index contributed by atoms with van der Waals surface area (Å²) in [5.74, 6) is -0.818. The summed E-state index contributed by atoms with van der Waals surface area (Å²) < 4.78 is 25.4. The lowest BCUT2D eigenvalue weighted by atomic mass is 10.1. The maximum absolute atomic E-state index is 13.7. The molecule has 2 amide bonds. The van der Waals surface area contributed by atoms with Gasteiger partial charge in [-0.15, -0.1) is 0 Å². The molecule has 3 aromatic carbocycles. The third-order valence-electron chi connectivity index (χ3n) is 4.57. The van der Waals surface area contributed by atoms with Crippen molar-refractivity contribution >= 4 is 45.2 Å². The fourth-order valence-corrected chi connectivity index (χ4v) is 3.34. The van der Waals surface area contributed by atoms with Crippen molar-refractivity contribution in [3.05, 3.63) is 88.2 Å². The van der Waals surface area contributed by atoms with E-state index in [4.69, 9.17) is 9.47 Å². The molecule has 9 heteroatoms. The highest BCUT2D eigenvalue weighted by molar-refractivity contribution is 9.10. The van der Waals surface area contributed by atoms with Crippen LogP contribution in [-0.4, -0.2) is 25.0 Å². The number of nitriles is 1. The average Bonchev–Trinajstić information content (AvgIpc) is 2.84. The molecule has 0 aliphatic rings. The van der Waals surface area contributed by atoms with Crippen molar-refractivity contribution in [3.63, 3.8) is 0 Å². The Morgan fingerprint density at radius 2 is 1.80 bits per heavy atom. The van der Waals surface area contributed by atoms with Crippen molar-refractivity contribution in [3.8, 4) is 17.6 Å². The second-order valence-electron chi connectivity index (χ2n) is 7.08. The Labute approximate surface area is 210 Å². The van der Waals surface area contributed by atoms with E-state index < -0.39 is 24.2 Å². The van der Waals surface area contributed by atoms with Crippen LogP contribution in [0, 0.1) is 17.1 Å². The summed E-state index contributed by atoms with van der Waals surface area (Å²) in [7, 11) is 0. The van der Waals surface area contributed by atoms with Crippen LogP contribution in [0.15, 0.2) is 76.8 Å². The molecule has 3 aromatic rings. The van der Waals surface area contributed by atoms with Gasteiger partial charge in [0.15, 0.2) is 6.61 Å². The van der Waals surface area contributed by atoms with Gasteiger partial charge in [0.05, 0.1) is 12.3 Å². The van der Waals surface area contributed by atoms with Crippen LogP contribution >= 0.6 is 15.9 Å². The lowest BCUT2D eigenvalue weighted by molar-refractivity contribution is -0.118. The average molecular weight is 538 g/mol. The molecule has 0 aromatic heterocycles. The minimum absolute atomic E-state index is 0.0368. The van der Waals surface area contributed by atoms with Crippen molar-refractivity contribution in [1.29, 1.82) is 5.26 Å². The van der Waals surface area contributed by atoms with E-state index >= 15 is 0 Å². The largest absolute Gasteiger partial charge is 0.494 e. The lowest BCUT2D eigenvalue weighted by Crippen LogP contribution is -2.21. The standard InChI is InChI=1S/C26H21BrFN3O4/c1-2-34-21-10-8-20(9-11-21)30-26(33)18(15-29)13-17-14-19(27)7-12-24(17)35-16-25(32)31-23-6-4-3-5-22(23)28/h3-14H,2,16H2,1H3,(H,30,33)(H,31,32)/b18-13+. The molecule has 3 rings (SSSR count).